The topological polar surface area (TPSA) is 58.6 Å². The number of hydrogen-bond acceptors (Lipinski definition) is 3. The molecule has 1 aromatic rings. The van der Waals surface area contributed by atoms with Gasteiger partial charge in [0, 0.05) is 18.1 Å². The lowest BCUT2D eigenvalue weighted by Gasteiger charge is -2.32. The first-order valence-electron chi connectivity index (χ1n) is 6.14. The molecule has 20 heavy (non-hydrogen) atoms. The molecule has 0 aliphatic carbocycles. The summed E-state index contributed by atoms with van der Waals surface area (Å²) in [6.45, 7) is 2.45. The number of carbonyl (C=O) groups is 2. The number of nitrogens with one attached hydrogen (secondary N) is 1. The summed E-state index contributed by atoms with van der Waals surface area (Å²) in [5.41, 5.74) is 0. The van der Waals surface area contributed by atoms with E-state index < -0.39 is 6.04 Å². The first kappa shape index (κ1) is 14.9. The standard InChI is InChI=1S/C13H14Cl2N2O3/c1-8-13(19)16-4-5-17(8)12(18)7-20-11-3-2-9(14)6-10(11)15/h2-3,6,8H,4-5,7H2,1H3,(H,16,19)/t8-/m1/s1. The van der Waals surface area contributed by atoms with Crippen LogP contribution in [0.4, 0.5) is 0 Å². The van der Waals surface area contributed by atoms with Gasteiger partial charge in [-0.15, -0.1) is 0 Å². The number of ether oxygens (including phenoxy) is 1. The molecule has 0 saturated carbocycles. The highest BCUT2D eigenvalue weighted by Crippen LogP contribution is 2.27. The summed E-state index contributed by atoms with van der Waals surface area (Å²) < 4.78 is 5.38. The molecule has 0 unspecified atom stereocenters. The van der Waals surface area contributed by atoms with Crippen molar-refractivity contribution in [1.82, 2.24) is 10.2 Å². The molecule has 1 saturated heterocycles. The Balaban J connectivity index is 1.96. The van der Waals surface area contributed by atoms with Crippen molar-refractivity contribution >= 4 is 35.0 Å². The van der Waals surface area contributed by atoms with E-state index in [1.807, 2.05) is 0 Å². The van der Waals surface area contributed by atoms with Gasteiger partial charge in [-0.1, -0.05) is 23.2 Å². The van der Waals surface area contributed by atoms with Gasteiger partial charge in [0.25, 0.3) is 5.91 Å². The summed E-state index contributed by atoms with van der Waals surface area (Å²) in [5, 5.41) is 3.53. The van der Waals surface area contributed by atoms with Gasteiger partial charge in [-0.05, 0) is 25.1 Å². The van der Waals surface area contributed by atoms with Crippen LogP contribution < -0.4 is 10.1 Å². The zero-order chi connectivity index (χ0) is 14.7. The Hall–Kier alpha value is -1.46. The van der Waals surface area contributed by atoms with Gasteiger partial charge < -0.3 is 15.0 Å². The second-order valence-corrected chi connectivity index (χ2v) is 5.26. The van der Waals surface area contributed by atoms with Gasteiger partial charge in [0.05, 0.1) is 5.02 Å². The van der Waals surface area contributed by atoms with Gasteiger partial charge in [-0.25, -0.2) is 0 Å². The number of amides is 2. The smallest absolute Gasteiger partial charge is 0.261 e. The maximum atomic E-state index is 12.1. The zero-order valence-electron chi connectivity index (χ0n) is 10.9. The van der Waals surface area contributed by atoms with E-state index in [0.717, 1.165) is 0 Å². The minimum atomic E-state index is -0.486. The van der Waals surface area contributed by atoms with Crippen LogP contribution in [-0.4, -0.2) is 42.5 Å². The number of hydrogen-bond donors (Lipinski definition) is 1. The molecular formula is C13H14Cl2N2O3. The molecule has 1 fully saturated rings. The van der Waals surface area contributed by atoms with Gasteiger partial charge in [-0.2, -0.15) is 0 Å². The van der Waals surface area contributed by atoms with Gasteiger partial charge >= 0.3 is 0 Å². The average molecular weight is 317 g/mol. The van der Waals surface area contributed by atoms with Crippen LogP contribution in [-0.2, 0) is 9.59 Å². The van der Waals surface area contributed by atoms with Crippen LogP contribution in [0.5, 0.6) is 5.75 Å². The second kappa shape index (κ2) is 6.33. The fraction of sp³-hybridized carbons (Fsp3) is 0.385. The van der Waals surface area contributed by atoms with E-state index in [-0.39, 0.29) is 18.4 Å². The Labute approximate surface area is 126 Å². The van der Waals surface area contributed by atoms with E-state index in [2.05, 4.69) is 5.32 Å². The lowest BCUT2D eigenvalue weighted by atomic mass is 10.2. The predicted molar refractivity (Wildman–Crippen MR) is 76.1 cm³/mol. The number of carbonyl (C=O) groups excluding carboxylic acids is 2. The van der Waals surface area contributed by atoms with Crippen molar-refractivity contribution in [2.75, 3.05) is 19.7 Å². The molecule has 1 atom stereocenters. The van der Waals surface area contributed by atoms with Crippen LogP contribution in [0, 0.1) is 0 Å². The maximum absolute atomic E-state index is 12.1. The van der Waals surface area contributed by atoms with Crippen molar-refractivity contribution in [3.05, 3.63) is 28.2 Å². The number of piperazine rings is 1. The maximum Gasteiger partial charge on any atom is 0.261 e. The Morgan fingerprint density at radius 1 is 1.50 bits per heavy atom. The van der Waals surface area contributed by atoms with Crippen LogP contribution in [0.2, 0.25) is 10.0 Å². The predicted octanol–water partition coefficient (Wildman–Crippen LogP) is 1.72. The van der Waals surface area contributed by atoms with Gasteiger partial charge in [-0.3, -0.25) is 9.59 Å². The van der Waals surface area contributed by atoms with Crippen LogP contribution in [0.25, 0.3) is 0 Å². The largest absolute Gasteiger partial charge is 0.482 e. The SMILES string of the molecule is C[C@@H]1C(=O)NCCN1C(=O)COc1ccc(Cl)cc1Cl. The van der Waals surface area contributed by atoms with Crippen molar-refractivity contribution in [3.8, 4) is 5.75 Å². The van der Waals surface area contributed by atoms with Crippen LogP contribution in [0.15, 0.2) is 18.2 Å². The van der Waals surface area contributed by atoms with Gasteiger partial charge in [0.2, 0.25) is 5.91 Å². The molecule has 2 amide bonds. The molecule has 1 N–H and O–H groups in total. The van der Waals surface area contributed by atoms with E-state index >= 15 is 0 Å². The molecule has 1 aliphatic rings. The van der Waals surface area contributed by atoms with Crippen LogP contribution in [0.1, 0.15) is 6.92 Å². The third-order valence-corrected chi connectivity index (χ3v) is 3.59. The minimum absolute atomic E-state index is 0.158. The quantitative estimate of drug-likeness (QED) is 0.923. The minimum Gasteiger partial charge on any atom is -0.482 e. The molecule has 0 spiro atoms. The number of rotatable bonds is 3. The monoisotopic (exact) mass is 316 g/mol. The van der Waals surface area contributed by atoms with Crippen molar-refractivity contribution in [2.24, 2.45) is 0 Å². The average Bonchev–Trinajstić information content (AvgIpc) is 2.40. The molecule has 0 radical (unpaired) electrons. The molecule has 5 nitrogen and oxygen atoms in total. The molecule has 1 heterocycles. The summed E-state index contributed by atoms with van der Waals surface area (Å²) in [6, 6.07) is 4.29. The molecule has 7 heteroatoms. The van der Waals surface area contributed by atoms with Crippen molar-refractivity contribution in [3.63, 3.8) is 0 Å². The highest BCUT2D eigenvalue weighted by Gasteiger charge is 2.29. The lowest BCUT2D eigenvalue weighted by Crippen LogP contribution is -2.56. The van der Waals surface area contributed by atoms with Gasteiger partial charge in [0.1, 0.15) is 11.8 Å². The van der Waals surface area contributed by atoms with E-state index in [1.165, 1.54) is 4.90 Å². The van der Waals surface area contributed by atoms with Crippen molar-refractivity contribution in [1.29, 1.82) is 0 Å². The summed E-state index contributed by atoms with van der Waals surface area (Å²) in [4.78, 5) is 25.0. The van der Waals surface area contributed by atoms with Crippen molar-refractivity contribution in [2.45, 2.75) is 13.0 Å². The van der Waals surface area contributed by atoms with E-state index in [0.29, 0.717) is 28.9 Å². The number of nitrogens with zero attached hydrogens (tertiary/aromatic N) is 1. The molecule has 0 aromatic heterocycles. The Kier molecular flexibility index (Phi) is 4.73. The van der Waals surface area contributed by atoms with Crippen molar-refractivity contribution < 1.29 is 14.3 Å². The third-order valence-electron chi connectivity index (χ3n) is 3.06. The van der Waals surface area contributed by atoms with Gasteiger partial charge in [0.15, 0.2) is 6.61 Å². The molecule has 0 bridgehead atoms. The highest BCUT2D eigenvalue weighted by molar-refractivity contribution is 6.35. The third kappa shape index (κ3) is 3.35. The zero-order valence-corrected chi connectivity index (χ0v) is 12.4. The fourth-order valence-corrected chi connectivity index (χ4v) is 2.40. The fourth-order valence-electron chi connectivity index (χ4n) is 1.94. The first-order chi connectivity index (χ1) is 9.49. The van der Waals surface area contributed by atoms with E-state index in [4.69, 9.17) is 27.9 Å². The summed E-state index contributed by atoms with van der Waals surface area (Å²) in [6.07, 6.45) is 0. The Bertz CT molecular complexity index is 536. The Morgan fingerprint density at radius 2 is 2.25 bits per heavy atom. The number of halogens is 2. The highest BCUT2D eigenvalue weighted by atomic mass is 35.5. The molecule has 1 aliphatic heterocycles. The van der Waals surface area contributed by atoms with E-state index in [1.54, 1.807) is 25.1 Å². The first-order valence-corrected chi connectivity index (χ1v) is 6.89. The summed E-state index contributed by atoms with van der Waals surface area (Å²) in [5.74, 6) is -0.0222. The van der Waals surface area contributed by atoms with Crippen LogP contribution >= 0.6 is 23.2 Å². The molecule has 1 aromatic carbocycles. The normalized spacial score (nSPS) is 18.6. The molecule has 2 rings (SSSR count). The summed E-state index contributed by atoms with van der Waals surface area (Å²) >= 11 is 11.7. The van der Waals surface area contributed by atoms with Crippen LogP contribution in [0.3, 0.4) is 0 Å². The number of benzene rings is 1. The Morgan fingerprint density at radius 3 is 2.95 bits per heavy atom. The lowest BCUT2D eigenvalue weighted by molar-refractivity contribution is -0.143. The molecule has 108 valence electrons. The van der Waals surface area contributed by atoms with E-state index in [9.17, 15) is 9.59 Å². The molecular weight excluding hydrogens is 303 g/mol. The second-order valence-electron chi connectivity index (χ2n) is 4.42. The summed E-state index contributed by atoms with van der Waals surface area (Å²) in [7, 11) is 0.